The first-order valence-corrected chi connectivity index (χ1v) is 4.12. The lowest BCUT2D eigenvalue weighted by Crippen LogP contribution is -2.00. The molecule has 0 aliphatic heterocycles. The molecule has 0 unspecified atom stereocenters. The van der Waals surface area contributed by atoms with E-state index in [0.29, 0.717) is 16.5 Å². The first kappa shape index (κ1) is 8.98. The fourth-order valence-electron chi connectivity index (χ4n) is 1.28. The molecule has 0 spiro atoms. The summed E-state index contributed by atoms with van der Waals surface area (Å²) in [6, 6.07) is 9.29. The van der Waals surface area contributed by atoms with Gasteiger partial charge in [-0.2, -0.15) is 10.5 Å². The molecule has 70 valence electrons. The van der Waals surface area contributed by atoms with Crippen molar-refractivity contribution < 1.29 is 4.42 Å². The molecule has 0 saturated heterocycles. The van der Waals surface area contributed by atoms with E-state index in [1.165, 1.54) is 18.2 Å². The smallest absolute Gasteiger partial charge is 0.207 e. The summed E-state index contributed by atoms with van der Waals surface area (Å²) in [6.45, 7) is 0. The fourth-order valence-corrected chi connectivity index (χ4v) is 1.28. The number of nitrogens with zero attached hydrogens (tertiary/aromatic N) is 2. The van der Waals surface area contributed by atoms with Crippen molar-refractivity contribution in [1.82, 2.24) is 0 Å². The molecule has 0 radical (unpaired) electrons. The third kappa shape index (κ3) is 1.45. The topological polar surface area (TPSA) is 77.8 Å². The Morgan fingerprint density at radius 1 is 1.13 bits per heavy atom. The van der Waals surface area contributed by atoms with Gasteiger partial charge >= 0.3 is 0 Å². The molecule has 0 aliphatic carbocycles. The van der Waals surface area contributed by atoms with Crippen molar-refractivity contribution in [3.8, 4) is 12.1 Å². The minimum Gasteiger partial charge on any atom is -0.445 e. The minimum atomic E-state index is -0.315. The molecular weight excluding hydrogens is 192 g/mol. The molecule has 0 atom stereocenters. The molecule has 4 heteroatoms. The van der Waals surface area contributed by atoms with Crippen LogP contribution in [0.25, 0.3) is 11.0 Å². The highest BCUT2D eigenvalue weighted by Crippen LogP contribution is 2.13. The van der Waals surface area contributed by atoms with E-state index in [1.54, 1.807) is 6.07 Å². The molecule has 1 aromatic carbocycles. The number of rotatable bonds is 0. The van der Waals surface area contributed by atoms with E-state index in [4.69, 9.17) is 14.9 Å². The largest absolute Gasteiger partial charge is 0.445 e. The minimum absolute atomic E-state index is 0.0304. The number of fused-ring (bicyclic) bond motifs is 1. The summed E-state index contributed by atoms with van der Waals surface area (Å²) >= 11 is 0. The average molecular weight is 196 g/mol. The van der Waals surface area contributed by atoms with Crippen LogP contribution in [0.4, 0.5) is 0 Å². The molecular formula is C11H4N2O2. The van der Waals surface area contributed by atoms with Gasteiger partial charge in [-0.15, -0.1) is 0 Å². The van der Waals surface area contributed by atoms with Crippen molar-refractivity contribution in [1.29, 1.82) is 10.5 Å². The van der Waals surface area contributed by atoms with Crippen molar-refractivity contribution in [3.63, 3.8) is 0 Å². The standard InChI is InChI=1S/C11H4N2O2/c12-5-7-1-2-11-9(3-7)10(14)4-8(6-13)15-11/h1-4H. The van der Waals surface area contributed by atoms with Crippen molar-refractivity contribution in [3.05, 3.63) is 45.8 Å². The Morgan fingerprint density at radius 3 is 2.60 bits per heavy atom. The molecule has 1 aromatic heterocycles. The highest BCUT2D eigenvalue weighted by Gasteiger charge is 2.04. The lowest BCUT2D eigenvalue weighted by molar-refractivity contribution is 0.586. The van der Waals surface area contributed by atoms with Crippen LogP contribution in [0.3, 0.4) is 0 Å². The first-order chi connectivity index (χ1) is 7.24. The maximum atomic E-state index is 11.5. The molecule has 0 N–H and O–H groups in total. The Morgan fingerprint density at radius 2 is 1.93 bits per heavy atom. The molecule has 15 heavy (non-hydrogen) atoms. The number of hydrogen-bond donors (Lipinski definition) is 0. The fraction of sp³-hybridized carbons (Fsp3) is 0. The van der Waals surface area contributed by atoms with Crippen molar-refractivity contribution >= 4 is 11.0 Å². The van der Waals surface area contributed by atoms with E-state index in [2.05, 4.69) is 0 Å². The van der Waals surface area contributed by atoms with Gasteiger partial charge in [-0.3, -0.25) is 4.79 Å². The first-order valence-electron chi connectivity index (χ1n) is 4.12. The summed E-state index contributed by atoms with van der Waals surface area (Å²) in [6.07, 6.45) is 0. The maximum Gasteiger partial charge on any atom is 0.207 e. The second-order valence-corrected chi connectivity index (χ2v) is 2.91. The summed E-state index contributed by atoms with van der Waals surface area (Å²) < 4.78 is 5.12. The summed E-state index contributed by atoms with van der Waals surface area (Å²) in [5, 5.41) is 17.6. The van der Waals surface area contributed by atoms with Crippen LogP contribution in [-0.4, -0.2) is 0 Å². The van der Waals surface area contributed by atoms with E-state index in [-0.39, 0.29) is 11.2 Å². The molecule has 0 fully saturated rings. The van der Waals surface area contributed by atoms with Crippen LogP contribution in [0.15, 0.2) is 33.5 Å². The number of nitriles is 2. The van der Waals surface area contributed by atoms with Crippen LogP contribution in [0.5, 0.6) is 0 Å². The van der Waals surface area contributed by atoms with Gasteiger partial charge in [-0.05, 0) is 18.2 Å². The van der Waals surface area contributed by atoms with Gasteiger partial charge in [-0.25, -0.2) is 0 Å². The molecule has 2 rings (SSSR count). The summed E-state index contributed by atoms with van der Waals surface area (Å²) in [4.78, 5) is 11.5. The van der Waals surface area contributed by atoms with Crippen LogP contribution in [0, 0.1) is 22.7 Å². The third-order valence-corrected chi connectivity index (χ3v) is 1.97. The SMILES string of the molecule is N#Cc1ccc2oc(C#N)cc(=O)c2c1. The quantitative estimate of drug-likeness (QED) is 0.640. The van der Waals surface area contributed by atoms with Gasteiger partial charge in [0.2, 0.25) is 5.76 Å². The predicted molar refractivity (Wildman–Crippen MR) is 51.9 cm³/mol. The van der Waals surface area contributed by atoms with Gasteiger partial charge in [0.15, 0.2) is 5.43 Å². The Hall–Kier alpha value is -2.59. The predicted octanol–water partition coefficient (Wildman–Crippen LogP) is 1.54. The van der Waals surface area contributed by atoms with Crippen LogP contribution >= 0.6 is 0 Å². The van der Waals surface area contributed by atoms with Crippen molar-refractivity contribution in [2.75, 3.05) is 0 Å². The summed E-state index contributed by atoms with van der Waals surface area (Å²) in [5.41, 5.74) is 0.391. The zero-order valence-corrected chi connectivity index (χ0v) is 7.52. The van der Waals surface area contributed by atoms with Crippen LogP contribution < -0.4 is 5.43 Å². The Bertz CT molecular complexity index is 672. The molecule has 4 nitrogen and oxygen atoms in total. The van der Waals surface area contributed by atoms with Gasteiger partial charge in [0.25, 0.3) is 0 Å². The Balaban J connectivity index is 2.89. The van der Waals surface area contributed by atoms with E-state index in [1.807, 2.05) is 6.07 Å². The summed E-state index contributed by atoms with van der Waals surface area (Å²) in [5.74, 6) is -0.0304. The monoisotopic (exact) mass is 196 g/mol. The van der Waals surface area contributed by atoms with Gasteiger partial charge in [0.1, 0.15) is 11.7 Å². The Kier molecular flexibility index (Phi) is 1.97. The second kappa shape index (κ2) is 3.28. The van der Waals surface area contributed by atoms with Gasteiger partial charge in [0, 0.05) is 6.07 Å². The van der Waals surface area contributed by atoms with Crippen LogP contribution in [0.2, 0.25) is 0 Å². The molecule has 1 heterocycles. The highest BCUT2D eigenvalue weighted by atomic mass is 16.3. The third-order valence-electron chi connectivity index (χ3n) is 1.97. The maximum absolute atomic E-state index is 11.5. The second-order valence-electron chi connectivity index (χ2n) is 2.91. The molecule has 0 aliphatic rings. The van der Waals surface area contributed by atoms with Crippen LogP contribution in [-0.2, 0) is 0 Å². The average Bonchev–Trinajstić information content (AvgIpc) is 2.28. The van der Waals surface area contributed by atoms with E-state index in [0.717, 1.165) is 6.07 Å². The molecule has 0 saturated carbocycles. The lowest BCUT2D eigenvalue weighted by Gasteiger charge is -1.96. The summed E-state index contributed by atoms with van der Waals surface area (Å²) in [7, 11) is 0. The lowest BCUT2D eigenvalue weighted by atomic mass is 10.1. The van der Waals surface area contributed by atoms with Gasteiger partial charge < -0.3 is 4.42 Å². The zero-order chi connectivity index (χ0) is 10.8. The number of benzene rings is 1. The molecule has 0 amide bonds. The number of hydrogen-bond acceptors (Lipinski definition) is 4. The van der Waals surface area contributed by atoms with Crippen molar-refractivity contribution in [2.24, 2.45) is 0 Å². The van der Waals surface area contributed by atoms with E-state index < -0.39 is 0 Å². The highest BCUT2D eigenvalue weighted by molar-refractivity contribution is 5.78. The normalized spacial score (nSPS) is 9.47. The van der Waals surface area contributed by atoms with Gasteiger partial charge in [0.05, 0.1) is 17.0 Å². The zero-order valence-electron chi connectivity index (χ0n) is 7.52. The molecule has 0 bridgehead atoms. The molecule has 2 aromatic rings. The van der Waals surface area contributed by atoms with E-state index >= 15 is 0 Å². The van der Waals surface area contributed by atoms with E-state index in [9.17, 15) is 4.79 Å². The van der Waals surface area contributed by atoms with Crippen LogP contribution in [0.1, 0.15) is 11.3 Å². The van der Waals surface area contributed by atoms with Gasteiger partial charge in [-0.1, -0.05) is 0 Å². The Labute approximate surface area is 84.6 Å². The van der Waals surface area contributed by atoms with Crippen molar-refractivity contribution in [2.45, 2.75) is 0 Å².